The van der Waals surface area contributed by atoms with Gasteiger partial charge in [-0.2, -0.15) is 13.2 Å². The highest BCUT2D eigenvalue weighted by Crippen LogP contribution is 2.36. The molecule has 176 valence electrons. The van der Waals surface area contributed by atoms with Gasteiger partial charge in [0.1, 0.15) is 29.3 Å². The molecule has 0 spiro atoms. The lowest BCUT2D eigenvalue weighted by molar-refractivity contribution is -0.140. The molecule has 4 heterocycles. The molecular weight excluding hydrogens is 438 g/mol. The number of alkyl halides is 3. The SMILES string of the molecule is C1NCC2COCC12.Fc1cccc2c1CCCC2Nc1ncnc2[nH]c(C(F)(F)F)cc12. The van der Waals surface area contributed by atoms with Gasteiger partial charge in [0.05, 0.1) is 24.6 Å². The molecule has 0 bridgehead atoms. The number of nitrogens with one attached hydrogen (secondary N) is 3. The van der Waals surface area contributed by atoms with E-state index in [4.69, 9.17) is 4.74 Å². The lowest BCUT2D eigenvalue weighted by Crippen LogP contribution is -2.19. The van der Waals surface area contributed by atoms with Gasteiger partial charge in [0.2, 0.25) is 0 Å². The van der Waals surface area contributed by atoms with Crippen LogP contribution in [0.5, 0.6) is 0 Å². The van der Waals surface area contributed by atoms with Gasteiger partial charge < -0.3 is 20.4 Å². The third-order valence-electron chi connectivity index (χ3n) is 6.64. The van der Waals surface area contributed by atoms with Crippen LogP contribution in [-0.4, -0.2) is 41.3 Å². The van der Waals surface area contributed by atoms with E-state index in [0.717, 1.165) is 49.5 Å². The number of ether oxygens (including phenoxy) is 1. The van der Waals surface area contributed by atoms with Crippen LogP contribution in [-0.2, 0) is 17.3 Å². The third-order valence-corrected chi connectivity index (χ3v) is 6.64. The number of fused-ring (bicyclic) bond motifs is 3. The van der Waals surface area contributed by atoms with Crippen molar-refractivity contribution in [1.82, 2.24) is 20.3 Å². The molecule has 2 saturated heterocycles. The lowest BCUT2D eigenvalue weighted by atomic mass is 9.87. The minimum absolute atomic E-state index is 0.111. The van der Waals surface area contributed by atoms with Crippen molar-refractivity contribution in [3.8, 4) is 0 Å². The monoisotopic (exact) mass is 463 g/mol. The Balaban J connectivity index is 0.000000238. The highest BCUT2D eigenvalue weighted by atomic mass is 19.4. The molecule has 10 heteroatoms. The second-order valence-corrected chi connectivity index (χ2v) is 8.78. The number of aromatic amines is 1. The maximum Gasteiger partial charge on any atom is 0.431 e. The average Bonchev–Trinajstić information content (AvgIpc) is 3.51. The van der Waals surface area contributed by atoms with Gasteiger partial charge in [0.25, 0.3) is 0 Å². The Bertz CT molecular complexity index is 1110. The van der Waals surface area contributed by atoms with Crippen LogP contribution >= 0.6 is 0 Å². The summed E-state index contributed by atoms with van der Waals surface area (Å²) in [4.78, 5) is 10.2. The molecule has 1 aromatic carbocycles. The first-order chi connectivity index (χ1) is 15.9. The van der Waals surface area contributed by atoms with Gasteiger partial charge in [-0.1, -0.05) is 12.1 Å². The van der Waals surface area contributed by atoms with Crippen molar-refractivity contribution in [2.24, 2.45) is 11.8 Å². The normalized spacial score (nSPS) is 24.2. The summed E-state index contributed by atoms with van der Waals surface area (Å²) in [7, 11) is 0. The van der Waals surface area contributed by atoms with Crippen LogP contribution in [0.1, 0.15) is 35.7 Å². The molecule has 3 atom stereocenters. The Hall–Kier alpha value is -2.72. The van der Waals surface area contributed by atoms with Gasteiger partial charge in [0, 0.05) is 24.9 Å². The van der Waals surface area contributed by atoms with Gasteiger partial charge in [-0.15, -0.1) is 0 Å². The van der Waals surface area contributed by atoms with E-state index in [9.17, 15) is 17.6 Å². The molecule has 3 N–H and O–H groups in total. The number of rotatable bonds is 2. The average molecular weight is 463 g/mol. The van der Waals surface area contributed by atoms with Crippen molar-refractivity contribution in [3.63, 3.8) is 0 Å². The molecule has 0 amide bonds. The summed E-state index contributed by atoms with van der Waals surface area (Å²) < 4.78 is 58.0. The maximum absolute atomic E-state index is 14.0. The summed E-state index contributed by atoms with van der Waals surface area (Å²) in [5, 5.41) is 6.77. The van der Waals surface area contributed by atoms with Crippen molar-refractivity contribution in [2.75, 3.05) is 31.6 Å². The molecule has 2 aliphatic heterocycles. The number of H-pyrrole nitrogens is 1. The number of nitrogens with zero attached hydrogens (tertiary/aromatic N) is 2. The Morgan fingerprint density at radius 1 is 1.09 bits per heavy atom. The molecule has 6 rings (SSSR count). The van der Waals surface area contributed by atoms with E-state index in [2.05, 4.69) is 25.6 Å². The van der Waals surface area contributed by atoms with E-state index in [1.807, 2.05) is 6.07 Å². The van der Waals surface area contributed by atoms with E-state index < -0.39 is 11.9 Å². The predicted molar refractivity (Wildman–Crippen MR) is 115 cm³/mol. The summed E-state index contributed by atoms with van der Waals surface area (Å²) >= 11 is 0. The standard InChI is InChI=1S/C17H14F4N4.C6H11NO/c18-12-5-1-4-10-9(12)3-2-6-13(10)24-15-11-7-14(17(19,20)21)25-16(11)23-8-22-15;1-5-3-8-4-6(5)2-7-1/h1,4-5,7-8,13H,2-3,6H2,(H2,22,23,24,25);5-7H,1-4H2. The molecule has 3 aromatic rings. The summed E-state index contributed by atoms with van der Waals surface area (Å²) in [6, 6.07) is 5.69. The van der Waals surface area contributed by atoms with Crippen molar-refractivity contribution >= 4 is 16.9 Å². The molecule has 3 unspecified atom stereocenters. The zero-order valence-corrected chi connectivity index (χ0v) is 17.9. The van der Waals surface area contributed by atoms with E-state index in [-0.39, 0.29) is 22.9 Å². The van der Waals surface area contributed by atoms with E-state index in [0.29, 0.717) is 17.8 Å². The Labute approximate surface area is 188 Å². The van der Waals surface area contributed by atoms with Crippen LogP contribution in [0.15, 0.2) is 30.6 Å². The van der Waals surface area contributed by atoms with Crippen molar-refractivity contribution < 1.29 is 22.3 Å². The third kappa shape index (κ3) is 4.54. The van der Waals surface area contributed by atoms with E-state index >= 15 is 0 Å². The first-order valence-corrected chi connectivity index (χ1v) is 11.1. The molecule has 6 nitrogen and oxygen atoms in total. The second kappa shape index (κ2) is 8.90. The number of hydrogen-bond donors (Lipinski definition) is 3. The maximum atomic E-state index is 14.0. The molecule has 2 aromatic heterocycles. The number of hydrogen-bond acceptors (Lipinski definition) is 5. The van der Waals surface area contributed by atoms with Crippen LogP contribution in [0.4, 0.5) is 23.4 Å². The molecule has 1 aliphatic carbocycles. The van der Waals surface area contributed by atoms with Gasteiger partial charge in [-0.05, 0) is 42.5 Å². The van der Waals surface area contributed by atoms with Crippen LogP contribution in [0.3, 0.4) is 0 Å². The van der Waals surface area contributed by atoms with Crippen molar-refractivity contribution in [2.45, 2.75) is 31.5 Å². The quantitative estimate of drug-likeness (QED) is 0.490. The van der Waals surface area contributed by atoms with Crippen LogP contribution in [0, 0.1) is 17.7 Å². The minimum Gasteiger partial charge on any atom is -0.381 e. The minimum atomic E-state index is -4.49. The van der Waals surface area contributed by atoms with Crippen LogP contribution < -0.4 is 10.6 Å². The van der Waals surface area contributed by atoms with Crippen LogP contribution in [0.2, 0.25) is 0 Å². The van der Waals surface area contributed by atoms with Crippen molar-refractivity contribution in [3.05, 3.63) is 53.2 Å². The second-order valence-electron chi connectivity index (χ2n) is 8.78. The van der Waals surface area contributed by atoms with Gasteiger partial charge in [-0.25, -0.2) is 14.4 Å². The highest BCUT2D eigenvalue weighted by molar-refractivity contribution is 5.88. The lowest BCUT2D eigenvalue weighted by Gasteiger charge is -2.27. The van der Waals surface area contributed by atoms with Crippen molar-refractivity contribution in [1.29, 1.82) is 0 Å². The molecule has 0 saturated carbocycles. The first kappa shape index (κ1) is 22.1. The molecular formula is C23H25F4N5O. The summed E-state index contributed by atoms with van der Waals surface area (Å²) in [6.45, 7) is 4.37. The number of halogens is 4. The fourth-order valence-electron chi connectivity index (χ4n) is 4.87. The van der Waals surface area contributed by atoms with Gasteiger partial charge in [0.15, 0.2) is 0 Å². The Morgan fingerprint density at radius 3 is 2.64 bits per heavy atom. The zero-order chi connectivity index (χ0) is 23.0. The van der Waals surface area contributed by atoms with Gasteiger partial charge >= 0.3 is 6.18 Å². The fourth-order valence-corrected chi connectivity index (χ4v) is 4.87. The fraction of sp³-hybridized carbons (Fsp3) is 0.478. The first-order valence-electron chi connectivity index (χ1n) is 11.1. The smallest absolute Gasteiger partial charge is 0.381 e. The molecule has 0 radical (unpaired) electrons. The van der Waals surface area contributed by atoms with E-state index in [1.165, 1.54) is 25.5 Å². The van der Waals surface area contributed by atoms with E-state index in [1.54, 1.807) is 6.07 Å². The number of aromatic nitrogens is 3. The Morgan fingerprint density at radius 2 is 1.88 bits per heavy atom. The molecule has 3 aliphatic rings. The summed E-state index contributed by atoms with van der Waals surface area (Å²) in [5.74, 6) is 1.74. The highest BCUT2D eigenvalue weighted by Gasteiger charge is 2.34. The Kier molecular flexibility index (Phi) is 5.96. The summed E-state index contributed by atoms with van der Waals surface area (Å²) in [6.07, 6.45) is -1.09. The summed E-state index contributed by atoms with van der Waals surface area (Å²) in [5.41, 5.74) is 0.715. The zero-order valence-electron chi connectivity index (χ0n) is 17.9. The predicted octanol–water partition coefficient (Wildman–Crippen LogP) is 4.46. The molecule has 33 heavy (non-hydrogen) atoms. The number of anilines is 1. The number of benzene rings is 1. The molecule has 2 fully saturated rings. The largest absolute Gasteiger partial charge is 0.431 e. The topological polar surface area (TPSA) is 74.9 Å². The van der Waals surface area contributed by atoms with Gasteiger partial charge in [-0.3, -0.25) is 0 Å². The van der Waals surface area contributed by atoms with Crippen LogP contribution in [0.25, 0.3) is 11.0 Å².